The number of aliphatic carboxylic acids is 1. The van der Waals surface area contributed by atoms with E-state index in [0.717, 1.165) is 17.7 Å². The molecule has 0 unspecified atom stereocenters. The molecule has 2 rings (SSSR count). The second-order valence-corrected chi connectivity index (χ2v) is 3.64. The first-order chi connectivity index (χ1) is 9.04. The van der Waals surface area contributed by atoms with Gasteiger partial charge >= 0.3 is 6.09 Å². The summed E-state index contributed by atoms with van der Waals surface area (Å²) < 4.78 is 5.13. The molecule has 0 heterocycles. The molecule has 5 nitrogen and oxygen atoms in total. The molecular formula is C14H15NO4. The molecule has 19 heavy (non-hydrogen) atoms. The van der Waals surface area contributed by atoms with Crippen molar-refractivity contribution in [2.45, 2.75) is 6.92 Å². The average molecular weight is 261 g/mol. The van der Waals surface area contributed by atoms with E-state index in [0.29, 0.717) is 5.75 Å². The second kappa shape index (κ2) is 7.00. The van der Waals surface area contributed by atoms with Crippen molar-refractivity contribution >= 4 is 22.8 Å². The van der Waals surface area contributed by atoms with Crippen molar-refractivity contribution < 1.29 is 19.4 Å². The van der Waals surface area contributed by atoms with Gasteiger partial charge in [-0.2, -0.15) is 0 Å². The minimum absolute atomic E-state index is 0.452. The van der Waals surface area contributed by atoms with Gasteiger partial charge in [0.1, 0.15) is 5.75 Å². The summed E-state index contributed by atoms with van der Waals surface area (Å²) in [7, 11) is 1.54. The van der Waals surface area contributed by atoms with Gasteiger partial charge in [0.2, 0.25) is 0 Å². The van der Waals surface area contributed by atoms with Gasteiger partial charge in [-0.15, -0.1) is 0 Å². The van der Waals surface area contributed by atoms with Gasteiger partial charge in [0.15, 0.2) is 0 Å². The summed E-state index contributed by atoms with van der Waals surface area (Å²) in [5.74, 6) is -0.257. The Morgan fingerprint density at radius 2 is 1.68 bits per heavy atom. The van der Waals surface area contributed by atoms with Crippen LogP contribution in [0.15, 0.2) is 42.5 Å². The van der Waals surface area contributed by atoms with E-state index in [-0.39, 0.29) is 0 Å². The van der Waals surface area contributed by atoms with Crippen LogP contribution in [0.3, 0.4) is 0 Å². The van der Waals surface area contributed by atoms with Crippen molar-refractivity contribution in [3.8, 4) is 5.75 Å². The van der Waals surface area contributed by atoms with Crippen molar-refractivity contribution in [3.05, 3.63) is 42.5 Å². The predicted octanol–water partition coefficient (Wildman–Crippen LogP) is 2.65. The lowest BCUT2D eigenvalue weighted by Crippen LogP contribution is -2.22. The summed E-state index contributed by atoms with van der Waals surface area (Å²) in [6.07, 6.45) is -0.452. The molecule has 0 aliphatic heterocycles. The van der Waals surface area contributed by atoms with Crippen LogP contribution in [0.25, 0.3) is 10.8 Å². The fourth-order valence-electron chi connectivity index (χ4n) is 1.44. The Bertz CT molecular complexity index is 571. The number of hydrogen-bond donors (Lipinski definition) is 2. The van der Waals surface area contributed by atoms with Crippen LogP contribution in [0.2, 0.25) is 0 Å². The van der Waals surface area contributed by atoms with Gasteiger partial charge in [-0.05, 0) is 11.5 Å². The third-order valence-electron chi connectivity index (χ3n) is 2.16. The van der Waals surface area contributed by atoms with E-state index in [2.05, 4.69) is 5.32 Å². The van der Waals surface area contributed by atoms with Crippen molar-refractivity contribution in [1.82, 2.24) is 5.32 Å². The fourth-order valence-corrected chi connectivity index (χ4v) is 1.44. The first kappa shape index (κ1) is 14.5. The lowest BCUT2D eigenvalue weighted by molar-refractivity contribution is -0.134. The maximum Gasteiger partial charge on any atom is 0.412 e. The van der Waals surface area contributed by atoms with Gasteiger partial charge in [-0.25, -0.2) is 4.79 Å². The monoisotopic (exact) mass is 261 g/mol. The number of amides is 1. The number of carbonyl (C=O) groups excluding carboxylic acids is 1. The number of carboxylic acid groups (broad SMARTS) is 1. The molecule has 2 N–H and O–H groups in total. The molecule has 1 amide bonds. The molecule has 0 saturated carbocycles. The summed E-state index contributed by atoms with van der Waals surface area (Å²) in [5.41, 5.74) is 0. The van der Waals surface area contributed by atoms with E-state index in [1.807, 2.05) is 36.4 Å². The Kier molecular flexibility index (Phi) is 5.35. The minimum atomic E-state index is -0.833. The van der Waals surface area contributed by atoms with Gasteiger partial charge in [-0.3, -0.25) is 4.79 Å². The smallest absolute Gasteiger partial charge is 0.412 e. The third-order valence-corrected chi connectivity index (χ3v) is 2.16. The first-order valence-corrected chi connectivity index (χ1v) is 5.61. The molecule has 0 fully saturated rings. The lowest BCUT2D eigenvalue weighted by atomic mass is 10.1. The van der Waals surface area contributed by atoms with Crippen molar-refractivity contribution in [3.63, 3.8) is 0 Å². The zero-order valence-corrected chi connectivity index (χ0v) is 10.7. The van der Waals surface area contributed by atoms with E-state index in [9.17, 15) is 4.79 Å². The lowest BCUT2D eigenvalue weighted by Gasteiger charge is -2.06. The van der Waals surface area contributed by atoms with Gasteiger partial charge in [0, 0.05) is 19.4 Å². The number of rotatable bonds is 1. The summed E-state index contributed by atoms with van der Waals surface area (Å²) in [6.45, 7) is 1.08. The number of fused-ring (bicyclic) bond motifs is 1. The zero-order chi connectivity index (χ0) is 14.3. The van der Waals surface area contributed by atoms with Crippen LogP contribution in [-0.4, -0.2) is 24.2 Å². The molecule has 0 saturated heterocycles. The van der Waals surface area contributed by atoms with Crippen LogP contribution in [0.1, 0.15) is 6.92 Å². The molecule has 0 aliphatic carbocycles. The van der Waals surface area contributed by atoms with Crippen molar-refractivity contribution in [1.29, 1.82) is 0 Å². The fraction of sp³-hybridized carbons (Fsp3) is 0.143. The minimum Gasteiger partial charge on any atom is -0.481 e. The molecule has 2 aromatic carbocycles. The number of carboxylic acids is 1. The molecule has 0 atom stereocenters. The Hall–Kier alpha value is -2.56. The first-order valence-electron chi connectivity index (χ1n) is 5.61. The number of ether oxygens (including phenoxy) is 1. The highest BCUT2D eigenvalue weighted by Crippen LogP contribution is 2.24. The zero-order valence-electron chi connectivity index (χ0n) is 10.7. The standard InChI is InChI=1S/C12H11NO2.C2H4O2/c1-13-12(14)15-11-8-4-6-9-5-2-3-7-10(9)11;1-2(3)4/h2-8H,1H3,(H,13,14);1H3,(H,3,4). The molecule has 0 aromatic heterocycles. The molecule has 0 spiro atoms. The maximum atomic E-state index is 11.1. The van der Waals surface area contributed by atoms with Crippen LogP contribution in [0.5, 0.6) is 5.75 Å². The average Bonchev–Trinajstić information content (AvgIpc) is 2.38. The van der Waals surface area contributed by atoms with E-state index in [1.165, 1.54) is 7.05 Å². The molecule has 100 valence electrons. The van der Waals surface area contributed by atoms with Gasteiger partial charge in [0.05, 0.1) is 0 Å². The van der Waals surface area contributed by atoms with Crippen LogP contribution in [0, 0.1) is 0 Å². The Morgan fingerprint density at radius 1 is 1.11 bits per heavy atom. The molecule has 0 aliphatic rings. The highest BCUT2D eigenvalue weighted by molar-refractivity contribution is 5.90. The molecule has 5 heteroatoms. The molecular weight excluding hydrogens is 246 g/mol. The number of carbonyl (C=O) groups is 2. The molecule has 0 radical (unpaired) electrons. The highest BCUT2D eigenvalue weighted by atomic mass is 16.6. The number of nitrogens with one attached hydrogen (secondary N) is 1. The topological polar surface area (TPSA) is 75.6 Å². The summed E-state index contributed by atoms with van der Waals surface area (Å²) >= 11 is 0. The van der Waals surface area contributed by atoms with Crippen LogP contribution in [0.4, 0.5) is 4.79 Å². The van der Waals surface area contributed by atoms with Crippen LogP contribution >= 0.6 is 0 Å². The Balaban J connectivity index is 0.000000399. The van der Waals surface area contributed by atoms with Crippen molar-refractivity contribution in [2.24, 2.45) is 0 Å². The predicted molar refractivity (Wildman–Crippen MR) is 72.3 cm³/mol. The summed E-state index contributed by atoms with van der Waals surface area (Å²) in [4.78, 5) is 20.1. The van der Waals surface area contributed by atoms with E-state index < -0.39 is 12.1 Å². The summed E-state index contributed by atoms with van der Waals surface area (Å²) in [6, 6.07) is 13.4. The van der Waals surface area contributed by atoms with E-state index in [4.69, 9.17) is 14.6 Å². The third kappa shape index (κ3) is 4.67. The second-order valence-electron chi connectivity index (χ2n) is 3.64. The SMILES string of the molecule is CC(=O)O.CNC(=O)Oc1cccc2ccccc12. The Labute approximate surface area is 110 Å². The van der Waals surface area contributed by atoms with E-state index in [1.54, 1.807) is 6.07 Å². The highest BCUT2D eigenvalue weighted by Gasteiger charge is 2.04. The van der Waals surface area contributed by atoms with Crippen molar-refractivity contribution in [2.75, 3.05) is 7.05 Å². The normalized spacial score (nSPS) is 9.16. The Morgan fingerprint density at radius 3 is 2.32 bits per heavy atom. The van der Waals surface area contributed by atoms with E-state index >= 15 is 0 Å². The molecule has 0 bridgehead atoms. The maximum absolute atomic E-state index is 11.1. The molecule has 2 aromatic rings. The number of benzene rings is 2. The summed E-state index contributed by atoms with van der Waals surface area (Å²) in [5, 5.41) is 11.8. The number of hydrogen-bond acceptors (Lipinski definition) is 3. The van der Waals surface area contributed by atoms with Crippen LogP contribution < -0.4 is 10.1 Å². The van der Waals surface area contributed by atoms with Crippen LogP contribution in [-0.2, 0) is 4.79 Å². The quantitative estimate of drug-likeness (QED) is 0.827. The van der Waals surface area contributed by atoms with Gasteiger partial charge in [-0.1, -0.05) is 36.4 Å². The van der Waals surface area contributed by atoms with Gasteiger partial charge in [0.25, 0.3) is 5.97 Å². The van der Waals surface area contributed by atoms with Gasteiger partial charge < -0.3 is 15.2 Å². The largest absolute Gasteiger partial charge is 0.481 e.